The number of sulfonamides is 1. The second-order valence-electron chi connectivity index (χ2n) is 5.86. The average Bonchev–Trinajstić information content (AvgIpc) is 2.60. The van der Waals surface area contributed by atoms with Crippen molar-refractivity contribution in [3.8, 4) is 0 Å². The molecule has 136 valence electrons. The number of piperidine rings is 1. The van der Waals surface area contributed by atoms with E-state index >= 15 is 0 Å². The van der Waals surface area contributed by atoms with E-state index in [1.807, 2.05) is 11.9 Å². The van der Waals surface area contributed by atoms with Crippen LogP contribution in [0.2, 0.25) is 0 Å². The zero-order chi connectivity index (χ0) is 16.9. The van der Waals surface area contributed by atoms with Crippen LogP contribution in [-0.2, 0) is 10.0 Å². The predicted molar refractivity (Wildman–Crippen MR) is 97.1 cm³/mol. The van der Waals surface area contributed by atoms with Crippen LogP contribution in [0.15, 0.2) is 29.2 Å². The molecule has 6 nitrogen and oxygen atoms in total. The lowest BCUT2D eigenvalue weighted by Crippen LogP contribution is -2.39. The number of nitrogens with one attached hydrogen (secondary N) is 2. The van der Waals surface area contributed by atoms with E-state index in [1.54, 1.807) is 12.1 Å². The van der Waals surface area contributed by atoms with Gasteiger partial charge in [-0.15, -0.1) is 12.4 Å². The Bertz CT molecular complexity index is 644. The number of halogens is 1. The van der Waals surface area contributed by atoms with Crippen LogP contribution in [0.4, 0.5) is 0 Å². The summed E-state index contributed by atoms with van der Waals surface area (Å²) in [6.07, 6.45) is 3.14. The molecule has 1 saturated heterocycles. The fourth-order valence-electron chi connectivity index (χ4n) is 2.87. The Labute approximate surface area is 150 Å². The van der Waals surface area contributed by atoms with Gasteiger partial charge in [-0.1, -0.05) is 6.07 Å². The summed E-state index contributed by atoms with van der Waals surface area (Å²) >= 11 is 0. The number of carbonyl (C=O) groups is 1. The molecule has 0 aromatic heterocycles. The van der Waals surface area contributed by atoms with E-state index in [-0.39, 0.29) is 23.2 Å². The first-order valence-electron chi connectivity index (χ1n) is 7.95. The second kappa shape index (κ2) is 9.36. The van der Waals surface area contributed by atoms with Gasteiger partial charge in [0.05, 0.1) is 4.90 Å². The highest BCUT2D eigenvalue weighted by Gasteiger charge is 2.24. The van der Waals surface area contributed by atoms with Gasteiger partial charge in [0.25, 0.3) is 5.91 Å². The third kappa shape index (κ3) is 5.17. The fourth-order valence-corrected chi connectivity index (χ4v) is 3.65. The minimum absolute atomic E-state index is 0. The van der Waals surface area contributed by atoms with E-state index < -0.39 is 10.0 Å². The Kier molecular flexibility index (Phi) is 8.15. The maximum absolute atomic E-state index is 12.6. The molecule has 1 aliphatic rings. The molecule has 0 spiro atoms. The molecule has 0 unspecified atom stereocenters. The summed E-state index contributed by atoms with van der Waals surface area (Å²) in [4.78, 5) is 14.5. The van der Waals surface area contributed by atoms with E-state index in [2.05, 4.69) is 10.0 Å². The Balaban J connectivity index is 0.00000288. The molecule has 2 rings (SSSR count). The fraction of sp³-hybridized carbons (Fsp3) is 0.562. The minimum Gasteiger partial charge on any atom is -0.339 e. The van der Waals surface area contributed by atoms with Crippen molar-refractivity contribution in [3.63, 3.8) is 0 Å². The Morgan fingerprint density at radius 1 is 1.25 bits per heavy atom. The van der Waals surface area contributed by atoms with Gasteiger partial charge in [0.2, 0.25) is 10.0 Å². The van der Waals surface area contributed by atoms with E-state index in [9.17, 15) is 13.2 Å². The molecule has 1 heterocycles. The number of benzene rings is 1. The lowest BCUT2D eigenvalue weighted by Gasteiger charge is -2.32. The number of hydrogen-bond donors (Lipinski definition) is 2. The third-order valence-electron chi connectivity index (χ3n) is 4.36. The number of carbonyl (C=O) groups excluding carboxylic acids is 1. The minimum atomic E-state index is -3.53. The normalized spacial score (nSPS) is 15.8. The highest BCUT2D eigenvalue weighted by molar-refractivity contribution is 7.89. The average molecular weight is 376 g/mol. The van der Waals surface area contributed by atoms with Crippen molar-refractivity contribution in [2.24, 2.45) is 5.92 Å². The molecule has 24 heavy (non-hydrogen) atoms. The molecule has 1 amide bonds. The van der Waals surface area contributed by atoms with Crippen molar-refractivity contribution in [2.45, 2.75) is 24.2 Å². The van der Waals surface area contributed by atoms with Crippen LogP contribution in [-0.4, -0.2) is 53.0 Å². The molecule has 1 aromatic rings. The molecule has 0 atom stereocenters. The summed E-state index contributed by atoms with van der Waals surface area (Å²) in [5.74, 6) is 0.563. The van der Waals surface area contributed by atoms with Gasteiger partial charge in [0, 0.05) is 18.7 Å². The quantitative estimate of drug-likeness (QED) is 0.789. The van der Waals surface area contributed by atoms with E-state index in [0.29, 0.717) is 11.5 Å². The zero-order valence-electron chi connectivity index (χ0n) is 14.1. The maximum Gasteiger partial charge on any atom is 0.253 e. The van der Waals surface area contributed by atoms with Crippen molar-refractivity contribution in [1.29, 1.82) is 0 Å². The second-order valence-corrected chi connectivity index (χ2v) is 7.75. The molecule has 2 N–H and O–H groups in total. The van der Waals surface area contributed by atoms with Crippen LogP contribution < -0.4 is 10.0 Å². The molecule has 8 heteroatoms. The molecule has 0 bridgehead atoms. The van der Waals surface area contributed by atoms with Crippen molar-refractivity contribution in [2.75, 3.05) is 33.7 Å². The lowest BCUT2D eigenvalue weighted by molar-refractivity contribution is 0.0687. The van der Waals surface area contributed by atoms with Crippen molar-refractivity contribution >= 4 is 28.3 Å². The van der Waals surface area contributed by atoms with Gasteiger partial charge < -0.3 is 10.2 Å². The number of nitrogens with zero attached hydrogens (tertiary/aromatic N) is 1. The maximum atomic E-state index is 12.6. The van der Waals surface area contributed by atoms with Crippen molar-refractivity contribution < 1.29 is 13.2 Å². The monoisotopic (exact) mass is 375 g/mol. The summed E-state index contributed by atoms with van der Waals surface area (Å²) < 4.78 is 26.0. The first kappa shape index (κ1) is 20.9. The van der Waals surface area contributed by atoms with Crippen LogP contribution in [0.25, 0.3) is 0 Å². The van der Waals surface area contributed by atoms with Crippen LogP contribution in [0.5, 0.6) is 0 Å². The summed E-state index contributed by atoms with van der Waals surface area (Å²) in [6, 6.07) is 6.22. The molecule has 1 aliphatic heterocycles. The van der Waals surface area contributed by atoms with E-state index in [0.717, 1.165) is 38.9 Å². The highest BCUT2D eigenvalue weighted by Crippen LogP contribution is 2.22. The standard InChI is InChI=1S/C16H25N3O3S.ClH/c1-17-9-6-13-7-10-19(11-8-13)16(20)14-4-3-5-15(12-14)23(21,22)18-2;/h3-5,12-13,17-18H,6-11H2,1-2H3;1H. The third-order valence-corrected chi connectivity index (χ3v) is 5.78. The van der Waals surface area contributed by atoms with E-state index in [1.165, 1.54) is 19.2 Å². The zero-order valence-corrected chi connectivity index (χ0v) is 15.8. The molecule has 0 saturated carbocycles. The molecular weight excluding hydrogens is 350 g/mol. The van der Waals surface area contributed by atoms with Crippen molar-refractivity contribution in [3.05, 3.63) is 29.8 Å². The first-order chi connectivity index (χ1) is 11.0. The SMILES string of the molecule is CNCCC1CCN(C(=O)c2cccc(S(=O)(=O)NC)c2)CC1.Cl. The smallest absolute Gasteiger partial charge is 0.253 e. The van der Waals surface area contributed by atoms with Gasteiger partial charge in [0.1, 0.15) is 0 Å². The summed E-state index contributed by atoms with van der Waals surface area (Å²) in [6.45, 7) is 2.47. The molecule has 1 fully saturated rings. The van der Waals surface area contributed by atoms with Crippen LogP contribution in [0.3, 0.4) is 0 Å². The van der Waals surface area contributed by atoms with Gasteiger partial charge in [-0.3, -0.25) is 4.79 Å². The van der Waals surface area contributed by atoms with Crippen LogP contribution in [0.1, 0.15) is 29.6 Å². The number of rotatable bonds is 6. The number of hydrogen-bond acceptors (Lipinski definition) is 4. The van der Waals surface area contributed by atoms with Crippen LogP contribution in [0, 0.1) is 5.92 Å². The molecule has 0 radical (unpaired) electrons. The van der Waals surface area contributed by atoms with Crippen LogP contribution >= 0.6 is 12.4 Å². The largest absolute Gasteiger partial charge is 0.339 e. The van der Waals surface area contributed by atoms with Gasteiger partial charge in [-0.25, -0.2) is 13.1 Å². The van der Waals surface area contributed by atoms with Gasteiger partial charge in [0.15, 0.2) is 0 Å². The summed E-state index contributed by atoms with van der Waals surface area (Å²) in [5.41, 5.74) is 0.426. The number of amides is 1. The van der Waals surface area contributed by atoms with Gasteiger partial charge >= 0.3 is 0 Å². The molecule has 0 aliphatic carbocycles. The lowest BCUT2D eigenvalue weighted by atomic mass is 9.93. The highest BCUT2D eigenvalue weighted by atomic mass is 35.5. The Morgan fingerprint density at radius 3 is 2.50 bits per heavy atom. The topological polar surface area (TPSA) is 78.5 Å². The Morgan fingerprint density at radius 2 is 1.92 bits per heavy atom. The van der Waals surface area contributed by atoms with Crippen molar-refractivity contribution in [1.82, 2.24) is 14.9 Å². The van der Waals surface area contributed by atoms with Gasteiger partial charge in [-0.05, 0) is 64.0 Å². The molecule has 1 aromatic carbocycles. The first-order valence-corrected chi connectivity index (χ1v) is 9.43. The van der Waals surface area contributed by atoms with E-state index in [4.69, 9.17) is 0 Å². The summed E-state index contributed by atoms with van der Waals surface area (Å²) in [7, 11) is -0.222. The predicted octanol–water partition coefficient (Wildman–Crippen LogP) is 1.48. The van der Waals surface area contributed by atoms with Gasteiger partial charge in [-0.2, -0.15) is 0 Å². The number of likely N-dealkylation sites (tertiary alicyclic amines) is 1. The Hall–Kier alpha value is -1.15. The molecular formula is C16H26ClN3O3S. The summed E-state index contributed by atoms with van der Waals surface area (Å²) in [5, 5.41) is 3.16.